The molecule has 4 fully saturated rings. The van der Waals surface area contributed by atoms with E-state index in [0.717, 1.165) is 95.3 Å². The molecule has 0 bridgehead atoms. The molecule has 3 atom stereocenters. The van der Waals surface area contributed by atoms with Gasteiger partial charge in [0.2, 0.25) is 5.91 Å². The molecule has 2 aliphatic heterocycles. The molecule has 234 valence electrons. The van der Waals surface area contributed by atoms with Crippen LogP contribution < -0.4 is 10.2 Å². The molecular weight excluding hydrogens is 575 g/mol. The van der Waals surface area contributed by atoms with E-state index in [9.17, 15) is 22.9 Å². The normalized spacial score (nSPS) is 25.0. The van der Waals surface area contributed by atoms with Crippen molar-refractivity contribution in [2.45, 2.75) is 73.0 Å². The highest BCUT2D eigenvalue weighted by Crippen LogP contribution is 2.50. The number of nitriles is 1. The van der Waals surface area contributed by atoms with Crippen LogP contribution in [0.1, 0.15) is 56.9 Å². The largest absolute Gasteiger partial charge is 0.371 e. The average molecular weight is 619 g/mol. The summed E-state index contributed by atoms with van der Waals surface area (Å²) in [6, 6.07) is 16.5. The van der Waals surface area contributed by atoms with Crippen molar-refractivity contribution in [2.24, 2.45) is 17.8 Å². The number of benzene rings is 2. The van der Waals surface area contributed by atoms with E-state index in [4.69, 9.17) is 0 Å². The first kappa shape index (κ1) is 30.8. The molecule has 44 heavy (non-hydrogen) atoms. The van der Waals surface area contributed by atoms with Gasteiger partial charge in [0.05, 0.1) is 21.6 Å². The molecule has 9 heteroatoms. The lowest BCUT2D eigenvalue weighted by atomic mass is 9.59. The van der Waals surface area contributed by atoms with Crippen LogP contribution in [0.4, 0.5) is 10.1 Å². The molecular formula is C35H43FN4O3S. The molecule has 0 radical (unpaired) electrons. The van der Waals surface area contributed by atoms with Gasteiger partial charge in [0.1, 0.15) is 5.82 Å². The molecule has 6 rings (SSSR count). The molecule has 0 spiro atoms. The summed E-state index contributed by atoms with van der Waals surface area (Å²) in [5, 5.41) is 13.8. The van der Waals surface area contributed by atoms with Gasteiger partial charge in [0, 0.05) is 43.2 Å². The van der Waals surface area contributed by atoms with E-state index in [1.807, 2.05) is 18.2 Å². The van der Waals surface area contributed by atoms with E-state index in [2.05, 4.69) is 27.8 Å². The van der Waals surface area contributed by atoms with Crippen molar-refractivity contribution in [3.8, 4) is 6.07 Å². The zero-order chi connectivity index (χ0) is 30.9. The third kappa shape index (κ3) is 5.79. The number of sulfone groups is 1. The summed E-state index contributed by atoms with van der Waals surface area (Å²) in [6.45, 7) is 8.22. The summed E-state index contributed by atoms with van der Waals surface area (Å²) in [5.41, 5.74) is 0.912. The van der Waals surface area contributed by atoms with Crippen LogP contribution in [-0.2, 0) is 20.0 Å². The number of amides is 1. The standard InChI is InChI=1S/C35H43FN4O3S/c1-2-34(41)38-33-11-5-10-32(33)35(24-37,27-6-3-7-28(36)20-27)26-16-18-39(19-17-26)21-25-22-40(23-25)29-12-14-31(15-13-29)44(42,43)30-8-4-9-30/h2-3,6-7,12-15,20,25-26,30,32-33H,1,4-5,8-11,16-19,21-23H2,(H,38,41)/t32-,33-,35?/m0/s1. The highest BCUT2D eigenvalue weighted by atomic mass is 32.2. The molecule has 2 aliphatic carbocycles. The summed E-state index contributed by atoms with van der Waals surface area (Å²) in [6.07, 6.45) is 8.04. The highest BCUT2D eigenvalue weighted by molar-refractivity contribution is 7.92. The van der Waals surface area contributed by atoms with Crippen LogP contribution in [0.25, 0.3) is 0 Å². The van der Waals surface area contributed by atoms with Gasteiger partial charge in [-0.25, -0.2) is 12.8 Å². The van der Waals surface area contributed by atoms with Crippen LogP contribution in [0.2, 0.25) is 0 Å². The van der Waals surface area contributed by atoms with Crippen molar-refractivity contribution in [2.75, 3.05) is 37.6 Å². The molecule has 2 saturated heterocycles. The Balaban J connectivity index is 1.08. The number of hydrogen-bond acceptors (Lipinski definition) is 6. The Hall–Kier alpha value is -3.22. The molecule has 2 heterocycles. The average Bonchev–Trinajstić information content (AvgIpc) is 3.43. The predicted molar refractivity (Wildman–Crippen MR) is 169 cm³/mol. The van der Waals surface area contributed by atoms with Gasteiger partial charge in [-0.3, -0.25) is 4.79 Å². The molecule has 0 aromatic heterocycles. The number of halogens is 1. The quantitative estimate of drug-likeness (QED) is 0.367. The van der Waals surface area contributed by atoms with Gasteiger partial charge >= 0.3 is 0 Å². The number of hydrogen-bond donors (Lipinski definition) is 1. The first-order valence-corrected chi connectivity index (χ1v) is 17.7. The fourth-order valence-electron chi connectivity index (χ4n) is 8.21. The van der Waals surface area contributed by atoms with Gasteiger partial charge in [-0.15, -0.1) is 0 Å². The molecule has 1 unspecified atom stereocenters. The molecule has 7 nitrogen and oxygen atoms in total. The first-order valence-electron chi connectivity index (χ1n) is 16.2. The number of anilines is 1. The van der Waals surface area contributed by atoms with Crippen molar-refractivity contribution >= 4 is 21.4 Å². The second kappa shape index (κ2) is 12.6. The van der Waals surface area contributed by atoms with Gasteiger partial charge in [-0.05, 0) is 106 Å². The fourth-order valence-corrected chi connectivity index (χ4v) is 10.1. The Kier molecular flexibility index (Phi) is 8.85. The Bertz CT molecular complexity index is 1510. The summed E-state index contributed by atoms with van der Waals surface area (Å²) in [7, 11) is -3.20. The monoisotopic (exact) mass is 618 g/mol. The highest BCUT2D eigenvalue weighted by Gasteiger charge is 2.52. The molecule has 4 aliphatic rings. The molecule has 2 saturated carbocycles. The van der Waals surface area contributed by atoms with E-state index in [0.29, 0.717) is 10.8 Å². The lowest BCUT2D eigenvalue weighted by Gasteiger charge is -2.48. The molecule has 1 amide bonds. The van der Waals surface area contributed by atoms with Crippen molar-refractivity contribution < 1.29 is 17.6 Å². The van der Waals surface area contributed by atoms with Crippen LogP contribution in [0.3, 0.4) is 0 Å². The van der Waals surface area contributed by atoms with Crippen molar-refractivity contribution in [3.05, 3.63) is 72.6 Å². The maximum absolute atomic E-state index is 14.5. The molecule has 2 aromatic carbocycles. The Labute approximate surface area is 261 Å². The SMILES string of the molecule is C=CC(=O)N[C@H]1CCC[C@@H]1C(C#N)(c1cccc(F)c1)C1CCN(CC2CN(c3ccc(S(=O)(=O)C4CCC4)cc3)C2)CC1. The van der Waals surface area contributed by atoms with E-state index in [1.54, 1.807) is 18.2 Å². The van der Waals surface area contributed by atoms with Crippen molar-refractivity contribution in [1.82, 2.24) is 10.2 Å². The summed E-state index contributed by atoms with van der Waals surface area (Å²) in [4.78, 5) is 17.5. The third-order valence-corrected chi connectivity index (χ3v) is 13.1. The van der Waals surface area contributed by atoms with Crippen LogP contribution in [0, 0.1) is 34.9 Å². The second-order valence-electron chi connectivity index (χ2n) is 13.3. The number of nitrogens with zero attached hydrogens (tertiary/aromatic N) is 3. The lowest BCUT2D eigenvalue weighted by Crippen LogP contribution is -2.55. The zero-order valence-electron chi connectivity index (χ0n) is 25.3. The fraction of sp³-hybridized carbons (Fsp3) is 0.543. The predicted octanol–water partition coefficient (Wildman–Crippen LogP) is 5.23. The number of nitrogens with one attached hydrogen (secondary N) is 1. The molecule has 2 aromatic rings. The van der Waals surface area contributed by atoms with E-state index < -0.39 is 15.3 Å². The number of rotatable bonds is 10. The van der Waals surface area contributed by atoms with Gasteiger partial charge < -0.3 is 15.1 Å². The molecule has 1 N–H and O–H groups in total. The topological polar surface area (TPSA) is 93.5 Å². The number of carbonyl (C=O) groups is 1. The van der Waals surface area contributed by atoms with Crippen LogP contribution >= 0.6 is 0 Å². The second-order valence-corrected chi connectivity index (χ2v) is 15.5. The maximum Gasteiger partial charge on any atom is 0.243 e. The Morgan fingerprint density at radius 1 is 1.05 bits per heavy atom. The number of piperidine rings is 1. The minimum Gasteiger partial charge on any atom is -0.371 e. The third-order valence-electron chi connectivity index (χ3n) is 10.8. The van der Waals surface area contributed by atoms with Crippen LogP contribution in [-0.4, -0.2) is 63.2 Å². The van der Waals surface area contributed by atoms with E-state index in [1.165, 1.54) is 18.2 Å². The Morgan fingerprint density at radius 2 is 1.75 bits per heavy atom. The van der Waals surface area contributed by atoms with Gasteiger partial charge in [-0.2, -0.15) is 5.26 Å². The Morgan fingerprint density at radius 3 is 2.36 bits per heavy atom. The van der Waals surface area contributed by atoms with E-state index in [-0.39, 0.29) is 34.9 Å². The minimum absolute atomic E-state index is 0.0596. The summed E-state index contributed by atoms with van der Waals surface area (Å²) >= 11 is 0. The lowest BCUT2D eigenvalue weighted by molar-refractivity contribution is -0.117. The summed E-state index contributed by atoms with van der Waals surface area (Å²) < 4.78 is 40.0. The zero-order valence-corrected chi connectivity index (χ0v) is 26.2. The first-order chi connectivity index (χ1) is 21.2. The van der Waals surface area contributed by atoms with Crippen molar-refractivity contribution in [3.63, 3.8) is 0 Å². The number of carbonyl (C=O) groups excluding carboxylic acids is 1. The van der Waals surface area contributed by atoms with E-state index >= 15 is 0 Å². The number of likely N-dealkylation sites (tertiary alicyclic amines) is 1. The summed E-state index contributed by atoms with van der Waals surface area (Å²) in [5.74, 6) is -0.0722. The smallest absolute Gasteiger partial charge is 0.243 e. The van der Waals surface area contributed by atoms with Crippen LogP contribution in [0.5, 0.6) is 0 Å². The van der Waals surface area contributed by atoms with Gasteiger partial charge in [0.15, 0.2) is 9.84 Å². The minimum atomic E-state index is -3.20. The van der Waals surface area contributed by atoms with Gasteiger partial charge in [0.25, 0.3) is 0 Å². The van der Waals surface area contributed by atoms with Crippen molar-refractivity contribution in [1.29, 1.82) is 5.26 Å². The van der Waals surface area contributed by atoms with Crippen LogP contribution in [0.15, 0.2) is 66.1 Å². The maximum atomic E-state index is 14.5. The van der Waals surface area contributed by atoms with Gasteiger partial charge in [-0.1, -0.05) is 31.6 Å².